The molecule has 2 heterocycles. The molecule has 14 heavy (non-hydrogen) atoms. The van der Waals surface area contributed by atoms with Crippen molar-refractivity contribution in [1.29, 1.82) is 0 Å². The van der Waals surface area contributed by atoms with Gasteiger partial charge in [0.15, 0.2) is 0 Å². The zero-order chi connectivity index (χ0) is 9.80. The molecule has 1 aromatic heterocycles. The van der Waals surface area contributed by atoms with E-state index in [1.54, 1.807) is 11.3 Å². The quantitative estimate of drug-likeness (QED) is 0.767. The topological polar surface area (TPSA) is 9.23 Å². The molecule has 1 unspecified atom stereocenters. The van der Waals surface area contributed by atoms with Gasteiger partial charge in [-0.25, -0.2) is 0 Å². The van der Waals surface area contributed by atoms with Gasteiger partial charge in [0.25, 0.3) is 0 Å². The second-order valence-corrected chi connectivity index (χ2v) is 5.76. The van der Waals surface area contributed by atoms with Crippen molar-refractivity contribution >= 4 is 27.3 Å². The van der Waals surface area contributed by atoms with Gasteiger partial charge in [0.2, 0.25) is 0 Å². The van der Waals surface area contributed by atoms with E-state index in [1.807, 2.05) is 0 Å². The molecule has 0 aromatic carbocycles. The smallest absolute Gasteiger partial charge is 0.0469 e. The van der Waals surface area contributed by atoms with Crippen LogP contribution in [0.1, 0.15) is 18.4 Å². The largest absolute Gasteiger partial charge is 0.381 e. The van der Waals surface area contributed by atoms with E-state index in [0.717, 1.165) is 25.6 Å². The summed E-state index contributed by atoms with van der Waals surface area (Å²) < 4.78 is 5.37. The van der Waals surface area contributed by atoms with Gasteiger partial charge in [-0.3, -0.25) is 0 Å². The van der Waals surface area contributed by atoms with Crippen molar-refractivity contribution in [1.82, 2.24) is 0 Å². The van der Waals surface area contributed by atoms with Crippen LogP contribution >= 0.6 is 27.3 Å². The normalized spacial score (nSPS) is 20.9. The van der Waals surface area contributed by atoms with Crippen LogP contribution in [-0.2, 0) is 11.2 Å². The molecule has 1 aromatic rings. The lowest BCUT2D eigenvalue weighted by atomic mass is 9.93. The van der Waals surface area contributed by atoms with Gasteiger partial charge in [-0.05, 0) is 47.6 Å². The number of hydrogen-bond acceptors (Lipinski definition) is 2. The lowest BCUT2D eigenvalue weighted by molar-refractivity contribution is 0.0662. The number of halogens is 1. The van der Waals surface area contributed by atoms with Gasteiger partial charge in [0.1, 0.15) is 0 Å². The second kappa shape index (κ2) is 5.29. The standard InChI is InChI=1S/C11H15BrOS/c12-11(7-9-3-6-14-8-9)10-1-4-13-5-2-10/h3,6,8,10-11H,1-2,4-5,7H2. The van der Waals surface area contributed by atoms with Crippen LogP contribution < -0.4 is 0 Å². The Hall–Kier alpha value is 0.140. The SMILES string of the molecule is BrC(Cc1ccsc1)C1CCOCC1. The molecule has 1 aliphatic heterocycles. The highest BCUT2D eigenvalue weighted by atomic mass is 79.9. The molecule has 0 N–H and O–H groups in total. The molecule has 78 valence electrons. The molecule has 1 fully saturated rings. The van der Waals surface area contributed by atoms with Crippen LogP contribution in [0.5, 0.6) is 0 Å². The fourth-order valence-electron chi connectivity index (χ4n) is 1.88. The third-order valence-corrected chi connectivity index (χ3v) is 4.59. The molecule has 3 heteroatoms. The second-order valence-electron chi connectivity index (χ2n) is 3.80. The van der Waals surface area contributed by atoms with Crippen molar-refractivity contribution in [2.45, 2.75) is 24.1 Å². The van der Waals surface area contributed by atoms with E-state index in [2.05, 4.69) is 32.8 Å². The molecule has 0 radical (unpaired) electrons. The number of alkyl halides is 1. The minimum atomic E-state index is 0.626. The van der Waals surface area contributed by atoms with Crippen molar-refractivity contribution in [2.24, 2.45) is 5.92 Å². The van der Waals surface area contributed by atoms with Gasteiger partial charge in [-0.2, -0.15) is 11.3 Å². The maximum absolute atomic E-state index is 5.37. The molecule has 1 aliphatic rings. The first kappa shape index (κ1) is 10.7. The van der Waals surface area contributed by atoms with Crippen LogP contribution in [0.25, 0.3) is 0 Å². The van der Waals surface area contributed by atoms with Crippen LogP contribution in [0.4, 0.5) is 0 Å². The van der Waals surface area contributed by atoms with Crippen LogP contribution in [-0.4, -0.2) is 18.0 Å². The molecule has 0 amide bonds. The third kappa shape index (κ3) is 2.81. The van der Waals surface area contributed by atoms with Gasteiger partial charge in [0.05, 0.1) is 0 Å². The molecule has 1 nitrogen and oxygen atoms in total. The number of hydrogen-bond donors (Lipinski definition) is 0. The Morgan fingerprint density at radius 1 is 1.50 bits per heavy atom. The van der Waals surface area contributed by atoms with Crippen molar-refractivity contribution < 1.29 is 4.74 Å². The van der Waals surface area contributed by atoms with Gasteiger partial charge < -0.3 is 4.74 Å². The molecule has 2 rings (SSSR count). The molecular formula is C11H15BrOS. The lowest BCUT2D eigenvalue weighted by Crippen LogP contribution is -2.24. The number of rotatable bonds is 3. The Labute approximate surface area is 97.6 Å². The van der Waals surface area contributed by atoms with E-state index in [-0.39, 0.29) is 0 Å². The van der Waals surface area contributed by atoms with Crippen molar-refractivity contribution in [3.05, 3.63) is 22.4 Å². The Morgan fingerprint density at radius 3 is 2.93 bits per heavy atom. The van der Waals surface area contributed by atoms with E-state index in [9.17, 15) is 0 Å². The average Bonchev–Trinajstić information content (AvgIpc) is 2.72. The van der Waals surface area contributed by atoms with Gasteiger partial charge in [-0.15, -0.1) is 0 Å². The van der Waals surface area contributed by atoms with Crippen LogP contribution in [0.15, 0.2) is 16.8 Å². The van der Waals surface area contributed by atoms with E-state index >= 15 is 0 Å². The Kier molecular flexibility index (Phi) is 4.02. The molecule has 0 aliphatic carbocycles. The third-order valence-electron chi connectivity index (χ3n) is 2.79. The van der Waals surface area contributed by atoms with Gasteiger partial charge >= 0.3 is 0 Å². The fourth-order valence-corrected chi connectivity index (χ4v) is 3.46. The molecular weight excluding hydrogens is 260 g/mol. The van der Waals surface area contributed by atoms with Crippen molar-refractivity contribution in [2.75, 3.05) is 13.2 Å². The summed E-state index contributed by atoms with van der Waals surface area (Å²) in [6, 6.07) is 2.22. The molecule has 0 saturated carbocycles. The monoisotopic (exact) mass is 274 g/mol. The maximum Gasteiger partial charge on any atom is 0.0469 e. The van der Waals surface area contributed by atoms with E-state index < -0.39 is 0 Å². The van der Waals surface area contributed by atoms with E-state index in [0.29, 0.717) is 4.83 Å². The highest BCUT2D eigenvalue weighted by Crippen LogP contribution is 2.27. The summed E-state index contributed by atoms with van der Waals surface area (Å²) in [5.41, 5.74) is 1.46. The Bertz CT molecular complexity index is 254. The molecule has 1 saturated heterocycles. The first-order valence-corrected chi connectivity index (χ1v) is 6.95. The molecule has 1 atom stereocenters. The highest BCUT2D eigenvalue weighted by Gasteiger charge is 2.21. The molecule has 0 bridgehead atoms. The molecule has 0 spiro atoms. The zero-order valence-electron chi connectivity index (χ0n) is 8.12. The Morgan fingerprint density at radius 2 is 2.29 bits per heavy atom. The first-order chi connectivity index (χ1) is 6.86. The summed E-state index contributed by atoms with van der Waals surface area (Å²) in [6.07, 6.45) is 3.58. The summed E-state index contributed by atoms with van der Waals surface area (Å²) >= 11 is 5.59. The number of ether oxygens (including phenoxy) is 1. The van der Waals surface area contributed by atoms with E-state index in [4.69, 9.17) is 4.74 Å². The van der Waals surface area contributed by atoms with Crippen LogP contribution in [0.3, 0.4) is 0 Å². The highest BCUT2D eigenvalue weighted by molar-refractivity contribution is 9.09. The number of thiophene rings is 1. The van der Waals surface area contributed by atoms with Crippen LogP contribution in [0, 0.1) is 5.92 Å². The fraction of sp³-hybridized carbons (Fsp3) is 0.636. The minimum Gasteiger partial charge on any atom is -0.381 e. The van der Waals surface area contributed by atoms with Crippen molar-refractivity contribution in [3.8, 4) is 0 Å². The Balaban J connectivity index is 1.85. The average molecular weight is 275 g/mol. The maximum atomic E-state index is 5.37. The first-order valence-electron chi connectivity index (χ1n) is 5.09. The summed E-state index contributed by atoms with van der Waals surface area (Å²) in [6.45, 7) is 1.88. The minimum absolute atomic E-state index is 0.626. The summed E-state index contributed by atoms with van der Waals surface area (Å²) in [5.74, 6) is 0.795. The summed E-state index contributed by atoms with van der Waals surface area (Å²) in [7, 11) is 0. The van der Waals surface area contributed by atoms with Crippen molar-refractivity contribution in [3.63, 3.8) is 0 Å². The van der Waals surface area contributed by atoms with Gasteiger partial charge in [-0.1, -0.05) is 15.9 Å². The lowest BCUT2D eigenvalue weighted by Gasteiger charge is -2.26. The predicted octanol–water partition coefficient (Wildman–Crippen LogP) is 3.48. The predicted molar refractivity (Wildman–Crippen MR) is 64.3 cm³/mol. The van der Waals surface area contributed by atoms with Gasteiger partial charge in [0, 0.05) is 18.0 Å². The summed E-state index contributed by atoms with van der Waals surface area (Å²) in [5, 5.41) is 4.40. The van der Waals surface area contributed by atoms with E-state index in [1.165, 1.54) is 18.4 Å². The summed E-state index contributed by atoms with van der Waals surface area (Å²) in [4.78, 5) is 0.626. The zero-order valence-corrected chi connectivity index (χ0v) is 10.5. The van der Waals surface area contributed by atoms with Crippen LogP contribution in [0.2, 0.25) is 0 Å².